The normalized spacial score (nSPS) is 35.5. The summed E-state index contributed by atoms with van der Waals surface area (Å²) in [6.07, 6.45) is 3.96. The minimum Gasteiger partial charge on any atom is -0.381 e. The van der Waals surface area contributed by atoms with E-state index < -0.39 is 17.0 Å². The van der Waals surface area contributed by atoms with Gasteiger partial charge in [-0.2, -0.15) is 0 Å². The van der Waals surface area contributed by atoms with Gasteiger partial charge in [0, 0.05) is 12.5 Å². The Morgan fingerprint density at radius 1 is 1.26 bits per heavy atom. The van der Waals surface area contributed by atoms with Gasteiger partial charge < -0.3 is 10.1 Å². The van der Waals surface area contributed by atoms with Gasteiger partial charge in [-0.15, -0.1) is 0 Å². The molecular weight excluding hydrogens is 299 g/mol. The van der Waals surface area contributed by atoms with E-state index in [0.29, 0.717) is 6.42 Å². The van der Waals surface area contributed by atoms with Crippen LogP contribution < -0.4 is 10.6 Å². The maximum Gasteiger partial charge on any atom is 0.322 e. The molecule has 0 bridgehead atoms. The average molecular weight is 318 g/mol. The number of urea groups is 1. The first kappa shape index (κ1) is 14.6. The highest BCUT2D eigenvalue weighted by Crippen LogP contribution is 2.58. The van der Waals surface area contributed by atoms with Gasteiger partial charge in [0.25, 0.3) is 5.91 Å². The molecule has 1 aromatic rings. The van der Waals surface area contributed by atoms with E-state index in [-0.39, 0.29) is 17.8 Å². The van der Waals surface area contributed by atoms with E-state index in [2.05, 4.69) is 10.6 Å². The smallest absolute Gasteiger partial charge is 0.322 e. The Bertz CT molecular complexity index is 697. The first-order chi connectivity index (χ1) is 11.0. The second kappa shape index (κ2) is 4.77. The van der Waals surface area contributed by atoms with E-state index in [1.807, 2.05) is 0 Å². The van der Waals surface area contributed by atoms with Gasteiger partial charge in [0.15, 0.2) is 5.54 Å². The minimum absolute atomic E-state index is 0.179. The summed E-state index contributed by atoms with van der Waals surface area (Å²) in [5.41, 5.74) is 0.0663. The van der Waals surface area contributed by atoms with E-state index in [4.69, 9.17) is 4.74 Å². The summed E-state index contributed by atoms with van der Waals surface area (Å²) in [5, 5.41) is 5.27. The molecule has 23 heavy (non-hydrogen) atoms. The first-order valence-electron chi connectivity index (χ1n) is 7.96. The Kier molecular flexibility index (Phi) is 3.04. The zero-order valence-electron chi connectivity index (χ0n) is 12.9. The van der Waals surface area contributed by atoms with E-state index in [0.717, 1.165) is 36.8 Å². The zero-order valence-corrected chi connectivity index (χ0v) is 12.9. The number of carbonyl (C=O) groups excluding carboxylic acids is 2. The molecule has 2 N–H and O–H groups in total. The van der Waals surface area contributed by atoms with E-state index in [1.54, 1.807) is 13.2 Å². The van der Waals surface area contributed by atoms with Crippen LogP contribution in [0.1, 0.15) is 36.8 Å². The highest BCUT2D eigenvalue weighted by Gasteiger charge is 2.66. The number of carbonyl (C=O) groups is 2. The Morgan fingerprint density at radius 2 is 2.00 bits per heavy atom. The van der Waals surface area contributed by atoms with Crippen molar-refractivity contribution in [2.24, 2.45) is 5.41 Å². The number of hydrogen-bond donors (Lipinski definition) is 2. The lowest BCUT2D eigenvalue weighted by molar-refractivity contribution is -0.131. The summed E-state index contributed by atoms with van der Waals surface area (Å²) >= 11 is 0. The molecule has 1 saturated carbocycles. The van der Waals surface area contributed by atoms with Crippen molar-refractivity contribution in [3.63, 3.8) is 0 Å². The van der Waals surface area contributed by atoms with E-state index >= 15 is 0 Å². The fourth-order valence-corrected chi connectivity index (χ4v) is 4.81. The zero-order chi connectivity index (χ0) is 16.2. The molecule has 2 spiro atoms. The van der Waals surface area contributed by atoms with Gasteiger partial charge in [0.2, 0.25) is 0 Å². The number of halogens is 1. The molecule has 4 rings (SSSR count). The fraction of sp³-hybridized carbons (Fsp3) is 0.529. The number of rotatable bonds is 1. The maximum absolute atomic E-state index is 13.7. The van der Waals surface area contributed by atoms with Crippen molar-refractivity contribution >= 4 is 11.9 Å². The number of methoxy groups -OCH3 is 1. The third-order valence-electron chi connectivity index (χ3n) is 5.89. The Hall–Kier alpha value is -1.95. The summed E-state index contributed by atoms with van der Waals surface area (Å²) in [4.78, 5) is 24.7. The van der Waals surface area contributed by atoms with Crippen LogP contribution in [0.5, 0.6) is 0 Å². The van der Waals surface area contributed by atoms with Crippen LogP contribution in [0.25, 0.3) is 0 Å². The lowest BCUT2D eigenvalue weighted by atomic mass is 9.61. The summed E-state index contributed by atoms with van der Waals surface area (Å²) < 4.78 is 19.1. The predicted octanol–water partition coefficient (Wildman–Crippen LogP) is 1.99. The standard InChI is InChI=1S/C17H19FN2O3/c1-23-12-4-6-16(7-5-12)9-10-8-11(18)2-3-13(10)17(16)14(21)19-15(22)20-17/h2-3,8,12H,4-7,9H2,1H3,(H2,19,20,21,22). The molecule has 1 aromatic carbocycles. The molecular formula is C17H19FN2O3. The monoisotopic (exact) mass is 318 g/mol. The number of fused-ring (bicyclic) bond motifs is 3. The molecule has 6 heteroatoms. The van der Waals surface area contributed by atoms with Crippen LogP contribution in [0.2, 0.25) is 0 Å². The Labute approximate surface area is 133 Å². The van der Waals surface area contributed by atoms with Gasteiger partial charge in [0.1, 0.15) is 5.82 Å². The molecule has 2 aliphatic carbocycles. The number of ether oxygens (including phenoxy) is 1. The van der Waals surface area contributed by atoms with Gasteiger partial charge in [-0.05, 0) is 55.4 Å². The van der Waals surface area contributed by atoms with Crippen LogP contribution in [0.3, 0.4) is 0 Å². The average Bonchev–Trinajstić information content (AvgIpc) is 2.96. The largest absolute Gasteiger partial charge is 0.381 e. The SMILES string of the molecule is COC1CCC2(CC1)Cc1cc(F)ccc1C21NC(=O)NC1=O. The number of nitrogens with one attached hydrogen (secondary N) is 2. The molecule has 122 valence electrons. The molecule has 0 radical (unpaired) electrons. The van der Waals surface area contributed by atoms with Crippen molar-refractivity contribution in [2.45, 2.75) is 43.7 Å². The number of benzene rings is 1. The molecule has 5 nitrogen and oxygen atoms in total. The van der Waals surface area contributed by atoms with Crippen LogP contribution in [0, 0.1) is 11.2 Å². The molecule has 1 atom stereocenters. The van der Waals surface area contributed by atoms with Crippen molar-refractivity contribution in [1.29, 1.82) is 0 Å². The second-order valence-corrected chi connectivity index (χ2v) is 6.85. The van der Waals surface area contributed by atoms with Crippen molar-refractivity contribution < 1.29 is 18.7 Å². The molecule has 3 aliphatic rings. The highest BCUT2D eigenvalue weighted by molar-refractivity contribution is 6.08. The van der Waals surface area contributed by atoms with Crippen molar-refractivity contribution in [3.8, 4) is 0 Å². The van der Waals surface area contributed by atoms with Gasteiger partial charge in [0.05, 0.1) is 6.10 Å². The number of amides is 3. The van der Waals surface area contributed by atoms with Crippen LogP contribution in [-0.2, 0) is 21.5 Å². The number of imide groups is 1. The van der Waals surface area contributed by atoms with E-state index in [9.17, 15) is 14.0 Å². The molecule has 1 aliphatic heterocycles. The van der Waals surface area contributed by atoms with Crippen molar-refractivity contribution in [1.82, 2.24) is 10.6 Å². The van der Waals surface area contributed by atoms with E-state index in [1.165, 1.54) is 12.1 Å². The van der Waals surface area contributed by atoms with Crippen LogP contribution in [-0.4, -0.2) is 25.2 Å². The summed E-state index contributed by atoms with van der Waals surface area (Å²) in [6, 6.07) is 4.03. The lowest BCUT2D eigenvalue weighted by Crippen LogP contribution is -2.56. The molecule has 1 heterocycles. The van der Waals surface area contributed by atoms with Crippen LogP contribution >= 0.6 is 0 Å². The van der Waals surface area contributed by atoms with Gasteiger partial charge >= 0.3 is 6.03 Å². The van der Waals surface area contributed by atoms with Gasteiger partial charge in [-0.1, -0.05) is 6.07 Å². The summed E-state index contributed by atoms with van der Waals surface area (Å²) in [5.74, 6) is -0.630. The molecule has 1 unspecified atom stereocenters. The fourth-order valence-electron chi connectivity index (χ4n) is 4.81. The molecule has 0 aromatic heterocycles. The maximum atomic E-state index is 13.7. The third kappa shape index (κ3) is 1.81. The van der Waals surface area contributed by atoms with Gasteiger partial charge in [-0.25, -0.2) is 9.18 Å². The third-order valence-corrected chi connectivity index (χ3v) is 5.89. The second-order valence-electron chi connectivity index (χ2n) is 6.85. The number of hydrogen-bond acceptors (Lipinski definition) is 3. The quantitative estimate of drug-likeness (QED) is 0.778. The molecule has 3 amide bonds. The predicted molar refractivity (Wildman–Crippen MR) is 80.2 cm³/mol. The van der Waals surface area contributed by atoms with Gasteiger partial charge in [-0.3, -0.25) is 10.1 Å². The van der Waals surface area contributed by atoms with Crippen LogP contribution in [0.4, 0.5) is 9.18 Å². The van der Waals surface area contributed by atoms with Crippen molar-refractivity contribution in [3.05, 3.63) is 35.1 Å². The Morgan fingerprint density at radius 3 is 2.61 bits per heavy atom. The first-order valence-corrected chi connectivity index (χ1v) is 7.96. The lowest BCUT2D eigenvalue weighted by Gasteiger charge is -2.46. The minimum atomic E-state index is -1.08. The highest BCUT2D eigenvalue weighted by atomic mass is 19.1. The Balaban J connectivity index is 1.84. The molecule has 2 fully saturated rings. The van der Waals surface area contributed by atoms with Crippen LogP contribution in [0.15, 0.2) is 18.2 Å². The topological polar surface area (TPSA) is 67.4 Å². The van der Waals surface area contributed by atoms with Crippen molar-refractivity contribution in [2.75, 3.05) is 7.11 Å². The summed E-state index contributed by atoms with van der Waals surface area (Å²) in [7, 11) is 1.70. The molecule has 1 saturated heterocycles. The summed E-state index contributed by atoms with van der Waals surface area (Å²) in [6.45, 7) is 0.